The Labute approximate surface area is 173 Å². The van der Waals surface area contributed by atoms with Gasteiger partial charge >= 0.3 is 6.18 Å². The van der Waals surface area contributed by atoms with Crippen LogP contribution >= 0.6 is 11.6 Å². The molecule has 0 unspecified atom stereocenters. The SMILES string of the molecule is Cc1nc(C(F)(F)F)ccc1C(=O)Nc1ccc(Cl)c(-c2ccc(C(N)=O)cn2)c1. The predicted octanol–water partition coefficient (Wildman–Crippen LogP) is 4.48. The largest absolute Gasteiger partial charge is 0.433 e. The second kappa shape index (κ2) is 8.11. The van der Waals surface area contributed by atoms with Crippen molar-refractivity contribution in [3.8, 4) is 11.3 Å². The number of nitrogens with zero attached hydrogens (tertiary/aromatic N) is 2. The van der Waals surface area contributed by atoms with Gasteiger partial charge in [-0.2, -0.15) is 13.2 Å². The average molecular weight is 435 g/mol. The Kier molecular flexibility index (Phi) is 5.75. The molecule has 2 aromatic heterocycles. The number of pyridine rings is 2. The minimum atomic E-state index is -4.60. The normalized spacial score (nSPS) is 11.2. The van der Waals surface area contributed by atoms with Gasteiger partial charge in [-0.15, -0.1) is 0 Å². The van der Waals surface area contributed by atoms with E-state index in [-0.39, 0.29) is 16.8 Å². The minimum Gasteiger partial charge on any atom is -0.366 e. The van der Waals surface area contributed by atoms with Crippen molar-refractivity contribution in [1.29, 1.82) is 0 Å². The van der Waals surface area contributed by atoms with Crippen molar-refractivity contribution in [2.45, 2.75) is 13.1 Å². The number of amides is 2. The quantitative estimate of drug-likeness (QED) is 0.632. The highest BCUT2D eigenvalue weighted by atomic mass is 35.5. The zero-order chi connectivity index (χ0) is 22.1. The number of nitrogens with two attached hydrogens (primary N) is 1. The van der Waals surface area contributed by atoms with Crippen LogP contribution in [0.2, 0.25) is 5.02 Å². The molecule has 0 bridgehead atoms. The smallest absolute Gasteiger partial charge is 0.366 e. The van der Waals surface area contributed by atoms with E-state index in [1.165, 1.54) is 31.3 Å². The van der Waals surface area contributed by atoms with E-state index in [4.69, 9.17) is 17.3 Å². The molecule has 3 aromatic rings. The Balaban J connectivity index is 1.86. The lowest BCUT2D eigenvalue weighted by Crippen LogP contribution is -2.16. The molecule has 154 valence electrons. The molecule has 6 nitrogen and oxygen atoms in total. The zero-order valence-electron chi connectivity index (χ0n) is 15.4. The van der Waals surface area contributed by atoms with Crippen LogP contribution in [0.15, 0.2) is 48.7 Å². The second-order valence-corrected chi connectivity index (χ2v) is 6.68. The first-order chi connectivity index (χ1) is 14.1. The number of aromatic nitrogens is 2. The monoisotopic (exact) mass is 434 g/mol. The molecule has 0 spiro atoms. The first-order valence-electron chi connectivity index (χ1n) is 8.48. The summed E-state index contributed by atoms with van der Waals surface area (Å²) in [5.41, 5.74) is 5.56. The molecular formula is C20H14ClF3N4O2. The summed E-state index contributed by atoms with van der Waals surface area (Å²) in [6, 6.07) is 9.49. The van der Waals surface area contributed by atoms with Gasteiger partial charge in [0.15, 0.2) is 0 Å². The van der Waals surface area contributed by atoms with Crippen LogP contribution in [0.4, 0.5) is 18.9 Å². The number of primary amides is 1. The molecule has 10 heteroatoms. The van der Waals surface area contributed by atoms with Gasteiger partial charge < -0.3 is 11.1 Å². The minimum absolute atomic E-state index is 0.00318. The van der Waals surface area contributed by atoms with Crippen molar-refractivity contribution in [2.75, 3.05) is 5.32 Å². The van der Waals surface area contributed by atoms with E-state index >= 15 is 0 Å². The van der Waals surface area contributed by atoms with E-state index in [0.717, 1.165) is 12.1 Å². The van der Waals surface area contributed by atoms with Crippen LogP contribution in [0, 0.1) is 6.92 Å². The van der Waals surface area contributed by atoms with E-state index in [1.54, 1.807) is 12.1 Å². The lowest BCUT2D eigenvalue weighted by atomic mass is 10.1. The Morgan fingerprint density at radius 3 is 2.40 bits per heavy atom. The van der Waals surface area contributed by atoms with Gasteiger partial charge in [0.2, 0.25) is 5.91 Å². The fraction of sp³-hybridized carbons (Fsp3) is 0.100. The predicted molar refractivity (Wildman–Crippen MR) is 105 cm³/mol. The number of nitrogens with one attached hydrogen (secondary N) is 1. The number of hydrogen-bond donors (Lipinski definition) is 2. The number of benzene rings is 1. The van der Waals surface area contributed by atoms with Gasteiger partial charge in [-0.1, -0.05) is 11.6 Å². The molecule has 0 fully saturated rings. The summed E-state index contributed by atoms with van der Waals surface area (Å²) < 4.78 is 38.3. The Morgan fingerprint density at radius 2 is 1.83 bits per heavy atom. The maximum atomic E-state index is 12.8. The van der Waals surface area contributed by atoms with E-state index in [9.17, 15) is 22.8 Å². The van der Waals surface area contributed by atoms with Gasteiger partial charge in [0.05, 0.1) is 27.5 Å². The first kappa shape index (κ1) is 21.3. The molecule has 0 aliphatic carbocycles. The molecule has 0 aliphatic heterocycles. The van der Waals surface area contributed by atoms with Crippen LogP contribution in [0.1, 0.15) is 32.1 Å². The summed E-state index contributed by atoms with van der Waals surface area (Å²) >= 11 is 6.21. The van der Waals surface area contributed by atoms with Gasteiger partial charge in [0, 0.05) is 17.4 Å². The highest BCUT2D eigenvalue weighted by Crippen LogP contribution is 2.30. The molecule has 0 aliphatic rings. The van der Waals surface area contributed by atoms with E-state index in [0.29, 0.717) is 22.0 Å². The molecule has 0 saturated carbocycles. The first-order valence-corrected chi connectivity index (χ1v) is 8.86. The third-order valence-corrected chi connectivity index (χ3v) is 4.50. The Hall–Kier alpha value is -3.46. The summed E-state index contributed by atoms with van der Waals surface area (Å²) in [7, 11) is 0. The highest BCUT2D eigenvalue weighted by Gasteiger charge is 2.33. The number of carbonyl (C=O) groups excluding carboxylic acids is 2. The molecule has 1 aromatic carbocycles. The number of hydrogen-bond acceptors (Lipinski definition) is 4. The van der Waals surface area contributed by atoms with E-state index < -0.39 is 23.7 Å². The molecule has 0 radical (unpaired) electrons. The highest BCUT2D eigenvalue weighted by molar-refractivity contribution is 6.33. The van der Waals surface area contributed by atoms with Crippen LogP contribution in [0.25, 0.3) is 11.3 Å². The molecule has 3 rings (SSSR count). The van der Waals surface area contributed by atoms with Gasteiger partial charge in [0.25, 0.3) is 5.91 Å². The number of halogens is 4. The summed E-state index contributed by atoms with van der Waals surface area (Å²) in [4.78, 5) is 31.3. The van der Waals surface area contributed by atoms with Gasteiger partial charge in [-0.25, -0.2) is 4.98 Å². The van der Waals surface area contributed by atoms with Crippen molar-refractivity contribution in [3.05, 3.63) is 76.2 Å². The van der Waals surface area contributed by atoms with Crippen molar-refractivity contribution >= 4 is 29.1 Å². The van der Waals surface area contributed by atoms with Crippen LogP contribution in [-0.4, -0.2) is 21.8 Å². The third kappa shape index (κ3) is 4.57. The molecule has 2 amide bonds. The van der Waals surface area contributed by atoms with Crippen molar-refractivity contribution < 1.29 is 22.8 Å². The summed E-state index contributed by atoms with van der Waals surface area (Å²) in [6.45, 7) is 1.32. The maximum Gasteiger partial charge on any atom is 0.433 e. The van der Waals surface area contributed by atoms with Crippen molar-refractivity contribution in [3.63, 3.8) is 0 Å². The number of anilines is 1. The van der Waals surface area contributed by atoms with Crippen LogP contribution in [0.3, 0.4) is 0 Å². The van der Waals surface area contributed by atoms with Gasteiger partial charge in [0.1, 0.15) is 5.69 Å². The van der Waals surface area contributed by atoms with Crippen molar-refractivity contribution in [2.24, 2.45) is 5.73 Å². The molecule has 3 N–H and O–H groups in total. The van der Waals surface area contributed by atoms with Crippen molar-refractivity contribution in [1.82, 2.24) is 9.97 Å². The zero-order valence-corrected chi connectivity index (χ0v) is 16.2. The number of aryl methyl sites for hydroxylation is 1. The summed E-state index contributed by atoms with van der Waals surface area (Å²) in [6.07, 6.45) is -3.29. The fourth-order valence-electron chi connectivity index (χ4n) is 2.66. The lowest BCUT2D eigenvalue weighted by Gasteiger charge is -2.12. The average Bonchev–Trinajstić information content (AvgIpc) is 2.68. The maximum absolute atomic E-state index is 12.8. The van der Waals surface area contributed by atoms with Crippen LogP contribution in [0.5, 0.6) is 0 Å². The Morgan fingerprint density at radius 1 is 1.10 bits per heavy atom. The van der Waals surface area contributed by atoms with E-state index in [1.807, 2.05) is 0 Å². The van der Waals surface area contributed by atoms with Gasteiger partial charge in [-0.05, 0) is 49.4 Å². The summed E-state index contributed by atoms with van der Waals surface area (Å²) in [5.74, 6) is -1.25. The number of rotatable bonds is 4. The standard InChI is InChI=1S/C20H14ClF3N4O2/c1-10-13(4-7-17(27-10)20(22,23)24)19(30)28-12-3-5-15(21)14(8-12)16-6-2-11(9-26-16)18(25)29/h2-9H,1H3,(H2,25,29)(H,28,30). The Bertz CT molecular complexity index is 1130. The molecule has 2 heterocycles. The summed E-state index contributed by atoms with van der Waals surface area (Å²) in [5, 5.41) is 2.95. The molecule has 0 atom stereocenters. The molecule has 0 saturated heterocycles. The molecule has 30 heavy (non-hydrogen) atoms. The topological polar surface area (TPSA) is 98.0 Å². The van der Waals surface area contributed by atoms with Crippen LogP contribution in [-0.2, 0) is 6.18 Å². The number of carbonyl (C=O) groups is 2. The molecular weight excluding hydrogens is 421 g/mol. The van der Waals surface area contributed by atoms with E-state index in [2.05, 4.69) is 15.3 Å². The van der Waals surface area contributed by atoms with Crippen LogP contribution < -0.4 is 11.1 Å². The fourth-order valence-corrected chi connectivity index (χ4v) is 2.87. The lowest BCUT2D eigenvalue weighted by molar-refractivity contribution is -0.141. The second-order valence-electron chi connectivity index (χ2n) is 6.27. The van der Waals surface area contributed by atoms with Gasteiger partial charge in [-0.3, -0.25) is 14.6 Å². The third-order valence-electron chi connectivity index (χ3n) is 4.17. The number of alkyl halides is 3.